The summed E-state index contributed by atoms with van der Waals surface area (Å²) in [5.41, 5.74) is 11.9. The van der Waals surface area contributed by atoms with Crippen molar-refractivity contribution < 1.29 is 80.4 Å². The lowest BCUT2D eigenvalue weighted by atomic mass is 10.0. The molecule has 0 aliphatic carbocycles. The topological polar surface area (TPSA) is 439 Å². The first-order valence-electron chi connectivity index (χ1n) is 24.3. The van der Waals surface area contributed by atoms with Gasteiger partial charge in [0, 0.05) is 27.7 Å². The van der Waals surface area contributed by atoms with Gasteiger partial charge in [0.1, 0.15) is 39.3 Å². The number of esters is 1. The Morgan fingerprint density at radius 3 is 1.62 bits per heavy atom. The number of rotatable bonds is 22. The first-order valence-corrected chi connectivity index (χ1v) is 30.4. The van der Waals surface area contributed by atoms with Gasteiger partial charge in [-0.15, -0.1) is 20.5 Å². The number of aromatic hydroxyl groups is 2. The molecule has 0 amide bonds. The number of benzene rings is 8. The number of phenolic OH excluding ortho intramolecular Hbond substituents is 2. The Morgan fingerprint density at radius 2 is 1.02 bits per heavy atom. The van der Waals surface area contributed by atoms with E-state index in [1.807, 2.05) is 0 Å². The lowest BCUT2D eigenvalue weighted by molar-refractivity contribution is -0.129. The van der Waals surface area contributed by atoms with Crippen molar-refractivity contribution in [1.29, 1.82) is 0 Å². The number of carbonyl (C=O) groups is 2. The van der Waals surface area contributed by atoms with Crippen molar-refractivity contribution in [3.8, 4) is 11.5 Å². The molecule has 0 saturated heterocycles. The number of methoxy groups -OCH3 is 1. The van der Waals surface area contributed by atoms with Gasteiger partial charge in [0.25, 0.3) is 46.9 Å². The molecule has 0 fully saturated rings. The van der Waals surface area contributed by atoms with Crippen LogP contribution in [0.5, 0.6) is 11.5 Å². The van der Waals surface area contributed by atoms with Gasteiger partial charge in [-0.1, -0.05) is 42.5 Å². The SMILES string of the molecule is COC(=O)c1cccc(N=Nc2ccc(N)c3c(O)c(N=Nc4ccc(/C=C/c5ccc(N=Nc6c(CS(=O)(=O)O)cc7c(N=Nc8cccc(COC=O)c8)ccc(N)c7c6O)cc5CS(=O)(=O)O)c(S(=O)(=O)OC)c4)c(S(=O)(=O)OC)cc23)c1. The standard InChI is InChI=1S/C54H46N10O18S4/c1-79-54(68)33-7-5-9-37(21-33)58-62-45-19-17-43(56)49-41(45)25-47(86(77,78)81-3)51(53(49)67)64-60-39-15-13-32(46(24-39)85(75,76)80-2)11-10-31-12-14-38(22-34(31)27-83(69,70)71)59-63-50-35(28-84(72,73)74)23-40-44(18-16-42(55)48(40)52(50)66)61-57-36-8-4-6-30(20-36)26-82-29-65/h4-25,29,66-67H,26-28,55-56H2,1-3H3,(H,69,70,71)(H,72,73,74)/b11-10+,61-57?,62-58?,63-59?,64-60?. The molecule has 0 atom stereocenters. The second-order valence-corrected chi connectivity index (χ2v) is 24.3. The minimum absolute atomic E-state index is 0.00889. The van der Waals surface area contributed by atoms with E-state index in [2.05, 4.69) is 40.9 Å². The highest BCUT2D eigenvalue weighted by molar-refractivity contribution is 7.87. The molecular weight excluding hydrogens is 1200 g/mol. The summed E-state index contributed by atoms with van der Waals surface area (Å²) in [4.78, 5) is 21.5. The highest BCUT2D eigenvalue weighted by Gasteiger charge is 2.27. The van der Waals surface area contributed by atoms with Gasteiger partial charge in [-0.2, -0.15) is 54.1 Å². The monoisotopic (exact) mass is 1250 g/mol. The van der Waals surface area contributed by atoms with Gasteiger partial charge in [-0.05, 0) is 113 Å². The van der Waals surface area contributed by atoms with Crippen molar-refractivity contribution in [2.75, 3.05) is 32.8 Å². The molecule has 0 aromatic heterocycles. The van der Waals surface area contributed by atoms with Gasteiger partial charge < -0.3 is 31.2 Å². The third-order valence-electron chi connectivity index (χ3n) is 12.4. The van der Waals surface area contributed by atoms with E-state index in [0.29, 0.717) is 11.3 Å². The van der Waals surface area contributed by atoms with Crippen molar-refractivity contribution in [3.05, 3.63) is 155 Å². The Labute approximate surface area is 489 Å². The van der Waals surface area contributed by atoms with Gasteiger partial charge in [0.2, 0.25) is 0 Å². The maximum atomic E-state index is 13.5. The number of phenols is 2. The average molecular weight is 1250 g/mol. The highest BCUT2D eigenvalue weighted by Crippen LogP contribution is 2.48. The number of anilines is 2. The van der Waals surface area contributed by atoms with Gasteiger partial charge in [-0.3, -0.25) is 22.3 Å². The van der Waals surface area contributed by atoms with Crippen molar-refractivity contribution in [1.82, 2.24) is 0 Å². The molecule has 8 N–H and O–H groups in total. The average Bonchev–Trinajstić information content (AvgIpc) is 0.829. The Bertz CT molecular complexity index is 4690. The maximum Gasteiger partial charge on any atom is 0.337 e. The largest absolute Gasteiger partial charge is 0.505 e. The minimum atomic E-state index is -4.82. The zero-order valence-electron chi connectivity index (χ0n) is 44.8. The molecule has 0 spiro atoms. The van der Waals surface area contributed by atoms with E-state index in [0.717, 1.165) is 32.4 Å². The Morgan fingerprint density at radius 1 is 0.523 bits per heavy atom. The number of carbonyl (C=O) groups excluding carboxylic acids is 2. The van der Waals surface area contributed by atoms with E-state index in [4.69, 9.17) is 29.3 Å². The van der Waals surface area contributed by atoms with Crippen LogP contribution in [0.2, 0.25) is 0 Å². The second kappa shape index (κ2) is 25.6. The summed E-state index contributed by atoms with van der Waals surface area (Å²) in [6.07, 6.45) is 2.51. The fraction of sp³-hybridized carbons (Fsp3) is 0.111. The number of ether oxygens (including phenoxy) is 2. The fourth-order valence-corrected chi connectivity index (χ4v) is 11.4. The molecule has 0 aliphatic rings. The number of nitrogen functional groups attached to an aromatic ring is 2. The molecule has 0 aliphatic heterocycles. The Balaban J connectivity index is 1.14. The van der Waals surface area contributed by atoms with E-state index < -0.39 is 90.6 Å². The highest BCUT2D eigenvalue weighted by atomic mass is 32.2. The van der Waals surface area contributed by atoms with Crippen molar-refractivity contribution in [3.63, 3.8) is 0 Å². The maximum absolute atomic E-state index is 13.5. The lowest BCUT2D eigenvalue weighted by Gasteiger charge is -2.13. The smallest absolute Gasteiger partial charge is 0.337 e. The molecule has 0 saturated carbocycles. The zero-order valence-corrected chi connectivity index (χ0v) is 48.0. The molecule has 8 aromatic rings. The number of azo groups is 4. The first kappa shape index (κ1) is 62.3. The Kier molecular flexibility index (Phi) is 18.5. The van der Waals surface area contributed by atoms with Gasteiger partial charge >= 0.3 is 5.97 Å². The van der Waals surface area contributed by atoms with E-state index >= 15 is 0 Å². The molecule has 32 heteroatoms. The molecular formula is C54H46N10O18S4. The quantitative estimate of drug-likeness (QED) is 0.00698. The van der Waals surface area contributed by atoms with Crippen LogP contribution in [-0.2, 0) is 81.2 Å². The summed E-state index contributed by atoms with van der Waals surface area (Å²) in [6, 6.07) is 27.5. The Hall–Kier alpha value is -9.80. The van der Waals surface area contributed by atoms with E-state index in [1.165, 1.54) is 98.1 Å². The minimum Gasteiger partial charge on any atom is -0.505 e. The molecule has 0 unspecified atom stereocenters. The zero-order chi connectivity index (χ0) is 62.3. The van der Waals surface area contributed by atoms with Gasteiger partial charge in [0.05, 0.1) is 71.8 Å². The predicted octanol–water partition coefficient (Wildman–Crippen LogP) is 11.3. The molecule has 0 radical (unpaired) electrons. The molecule has 0 bridgehead atoms. The molecule has 444 valence electrons. The van der Waals surface area contributed by atoms with Crippen LogP contribution in [0.15, 0.2) is 172 Å². The number of fused-ring (bicyclic) bond motifs is 2. The number of nitrogens with zero attached hydrogens (tertiary/aromatic N) is 8. The summed E-state index contributed by atoms with van der Waals surface area (Å²) < 4.78 is 142. The van der Waals surface area contributed by atoms with E-state index in [-0.39, 0.29) is 102 Å². The summed E-state index contributed by atoms with van der Waals surface area (Å²) in [7, 11) is -16.1. The van der Waals surface area contributed by atoms with Crippen LogP contribution in [0.3, 0.4) is 0 Å². The fourth-order valence-electron chi connectivity index (χ4n) is 8.43. The normalized spacial score (nSPS) is 12.7. The van der Waals surface area contributed by atoms with Crippen LogP contribution in [-0.4, -0.2) is 86.8 Å². The summed E-state index contributed by atoms with van der Waals surface area (Å²) in [6.45, 7) is 0.244. The molecule has 28 nitrogen and oxygen atoms in total. The van der Waals surface area contributed by atoms with E-state index in [1.54, 1.807) is 24.3 Å². The summed E-state index contributed by atoms with van der Waals surface area (Å²) in [5.74, 6) is -4.28. The van der Waals surface area contributed by atoms with Crippen molar-refractivity contribution >= 4 is 143 Å². The second-order valence-electron chi connectivity index (χ2n) is 18.0. The van der Waals surface area contributed by atoms with Gasteiger partial charge in [0.15, 0.2) is 11.5 Å². The summed E-state index contributed by atoms with van der Waals surface area (Å²) >= 11 is 0. The molecule has 0 heterocycles. The number of hydrogen-bond donors (Lipinski definition) is 6. The van der Waals surface area contributed by atoms with E-state index in [9.17, 15) is 62.6 Å². The third kappa shape index (κ3) is 14.6. The third-order valence-corrected chi connectivity index (χ3v) is 16.3. The predicted molar refractivity (Wildman–Crippen MR) is 313 cm³/mol. The molecule has 86 heavy (non-hydrogen) atoms. The van der Waals surface area contributed by atoms with Crippen LogP contribution in [0.25, 0.3) is 33.7 Å². The number of nitrogens with two attached hydrogens (primary N) is 2. The number of hydrogen-bond acceptors (Lipinski definition) is 26. The van der Waals surface area contributed by atoms with Gasteiger partial charge in [-0.25, -0.2) is 4.79 Å². The van der Waals surface area contributed by atoms with Crippen LogP contribution in [0, 0.1) is 0 Å². The van der Waals surface area contributed by atoms with Crippen molar-refractivity contribution in [2.24, 2.45) is 40.9 Å². The lowest BCUT2D eigenvalue weighted by Crippen LogP contribution is -2.05. The molecule has 8 rings (SSSR count). The van der Waals surface area contributed by atoms with Crippen molar-refractivity contribution in [2.45, 2.75) is 27.9 Å². The summed E-state index contributed by atoms with van der Waals surface area (Å²) in [5, 5.41) is 56.2. The first-order chi connectivity index (χ1) is 40.7. The molecule has 8 aromatic carbocycles. The van der Waals surface area contributed by atoms with Crippen LogP contribution < -0.4 is 11.5 Å². The van der Waals surface area contributed by atoms with Crippen LogP contribution >= 0.6 is 0 Å². The van der Waals surface area contributed by atoms with Crippen LogP contribution in [0.1, 0.15) is 38.2 Å². The van der Waals surface area contributed by atoms with Crippen LogP contribution in [0.4, 0.5) is 56.9 Å².